The quantitative estimate of drug-likeness (QED) is 0.405. The second-order valence-electron chi connectivity index (χ2n) is 6.40. The van der Waals surface area contributed by atoms with E-state index in [0.717, 1.165) is 60.3 Å². The van der Waals surface area contributed by atoms with E-state index in [0.29, 0.717) is 15.2 Å². The lowest BCUT2D eigenvalue weighted by Gasteiger charge is -2.38. The molecule has 0 spiro atoms. The summed E-state index contributed by atoms with van der Waals surface area (Å²) in [7, 11) is 0. The first kappa shape index (κ1) is 19.4. The molecule has 27 heavy (non-hydrogen) atoms. The van der Waals surface area contributed by atoms with E-state index in [1.807, 2.05) is 12.1 Å². The molecule has 1 saturated heterocycles. The maximum absolute atomic E-state index is 13.7. The van der Waals surface area contributed by atoms with Crippen LogP contribution >= 0.6 is 50.1 Å². The van der Waals surface area contributed by atoms with Gasteiger partial charge in [-0.15, -0.1) is 0 Å². The summed E-state index contributed by atoms with van der Waals surface area (Å²) in [5.74, 6) is 0.798. The molecular weight excluding hydrogens is 554 g/mol. The van der Waals surface area contributed by atoms with Gasteiger partial charge < -0.3 is 15.5 Å². The Morgan fingerprint density at radius 1 is 1.19 bits per heavy atom. The highest BCUT2D eigenvalue weighted by Gasteiger charge is 2.34. The summed E-state index contributed by atoms with van der Waals surface area (Å²) >= 11 is 10.6. The monoisotopic (exact) mass is 569 g/mol. The van der Waals surface area contributed by atoms with Crippen molar-refractivity contribution in [2.75, 3.05) is 41.7 Å². The van der Waals surface area contributed by atoms with Crippen LogP contribution in [-0.2, 0) is 3.93 Å². The Hall–Kier alpha value is -0.910. The van der Waals surface area contributed by atoms with Gasteiger partial charge in [-0.1, -0.05) is 27.5 Å². The van der Waals surface area contributed by atoms with Crippen LogP contribution in [0.1, 0.15) is 5.56 Å². The zero-order valence-corrected chi connectivity index (χ0v) is 18.5. The van der Waals surface area contributed by atoms with Gasteiger partial charge in [-0.3, -0.25) is 4.90 Å². The summed E-state index contributed by atoms with van der Waals surface area (Å²) in [6, 6.07) is 6.86. The first-order valence-corrected chi connectivity index (χ1v) is 10.6. The normalized spacial score (nSPS) is 20.2. The smallest absolute Gasteiger partial charge is 0.322 e. The number of hydrogen-bond acceptors (Lipinski definition) is 5. The number of aromatic nitrogens is 1. The molecule has 1 unspecified atom stereocenters. The molecule has 0 aliphatic carbocycles. The molecule has 0 bridgehead atoms. The number of nitrogens with one attached hydrogen (secondary N) is 2. The number of benzene rings is 1. The molecule has 2 aromatic rings. The Bertz CT molecular complexity index is 858. The molecule has 144 valence electrons. The van der Waals surface area contributed by atoms with Gasteiger partial charge in [0.15, 0.2) is 6.29 Å². The molecule has 4 rings (SSSR count). The number of pyridine rings is 1. The minimum atomic E-state index is -2.93. The number of nitrogens with zero attached hydrogens (tertiary/aromatic N) is 3. The van der Waals surface area contributed by atoms with Gasteiger partial charge in [0.1, 0.15) is 5.82 Å². The van der Waals surface area contributed by atoms with Crippen LogP contribution in [0.3, 0.4) is 0 Å². The van der Waals surface area contributed by atoms with Crippen LogP contribution in [-0.4, -0.2) is 42.4 Å². The van der Waals surface area contributed by atoms with Crippen molar-refractivity contribution in [3.63, 3.8) is 0 Å². The highest BCUT2D eigenvalue weighted by Crippen LogP contribution is 2.44. The largest absolute Gasteiger partial charge is 0.353 e. The zero-order valence-electron chi connectivity index (χ0n) is 14.0. The standard InChI is InChI=1S/C17H16BrClF2IN5/c18-11-9-14-13(8-10(11)17(20,21)22)24-16(25-14)27-6-4-26(5-7-27)15-12(19)2-1-3-23-15/h1-3,8-9,16,24-25H,4-7H2. The summed E-state index contributed by atoms with van der Waals surface area (Å²) in [6.07, 6.45) is 1.61. The molecule has 1 aromatic carbocycles. The fourth-order valence-electron chi connectivity index (χ4n) is 3.34. The number of hydrogen-bond donors (Lipinski definition) is 2. The fraction of sp³-hybridized carbons (Fsp3) is 0.353. The van der Waals surface area contributed by atoms with E-state index in [-0.39, 0.29) is 11.9 Å². The molecule has 0 radical (unpaired) electrons. The summed E-state index contributed by atoms with van der Waals surface area (Å²) in [5.41, 5.74) is 1.46. The van der Waals surface area contributed by atoms with Gasteiger partial charge in [0.25, 0.3) is 0 Å². The molecule has 1 atom stereocenters. The SMILES string of the molecule is FC(F)(I)c1cc2c(cc1Br)NC(N1CCN(c3ncccc3Cl)CC1)N2. The van der Waals surface area contributed by atoms with Gasteiger partial charge in [-0.05, 0) is 24.3 Å². The van der Waals surface area contributed by atoms with Crippen LogP contribution in [0.25, 0.3) is 0 Å². The average Bonchev–Trinajstić information content (AvgIpc) is 3.03. The van der Waals surface area contributed by atoms with E-state index in [4.69, 9.17) is 11.6 Å². The third-order valence-electron chi connectivity index (χ3n) is 4.72. The molecule has 5 nitrogen and oxygen atoms in total. The molecule has 2 aliphatic heterocycles. The van der Waals surface area contributed by atoms with E-state index in [1.54, 1.807) is 12.3 Å². The Kier molecular flexibility index (Phi) is 5.38. The Morgan fingerprint density at radius 3 is 2.48 bits per heavy atom. The lowest BCUT2D eigenvalue weighted by atomic mass is 10.2. The third kappa shape index (κ3) is 3.96. The van der Waals surface area contributed by atoms with Gasteiger partial charge in [0.2, 0.25) is 0 Å². The number of fused-ring (bicyclic) bond motifs is 1. The van der Waals surface area contributed by atoms with Crippen LogP contribution in [0.15, 0.2) is 34.9 Å². The number of anilines is 3. The predicted molar refractivity (Wildman–Crippen MR) is 116 cm³/mol. The predicted octanol–water partition coefficient (Wildman–Crippen LogP) is 4.93. The summed E-state index contributed by atoms with van der Waals surface area (Å²) in [5, 5.41) is 7.32. The van der Waals surface area contributed by atoms with Crippen molar-refractivity contribution in [3.05, 3.63) is 45.5 Å². The van der Waals surface area contributed by atoms with E-state index in [1.165, 1.54) is 6.07 Å². The maximum Gasteiger partial charge on any atom is 0.322 e. The lowest BCUT2D eigenvalue weighted by molar-refractivity contribution is 0.127. The highest BCUT2D eigenvalue weighted by atomic mass is 127. The number of rotatable bonds is 3. The van der Waals surface area contributed by atoms with E-state index in [9.17, 15) is 8.78 Å². The number of piperazine rings is 1. The van der Waals surface area contributed by atoms with Crippen molar-refractivity contribution in [1.82, 2.24) is 9.88 Å². The fourth-order valence-corrected chi connectivity index (χ4v) is 4.99. The molecule has 3 heterocycles. The Balaban J connectivity index is 1.44. The summed E-state index contributed by atoms with van der Waals surface area (Å²) in [4.78, 5) is 8.76. The van der Waals surface area contributed by atoms with E-state index < -0.39 is 3.93 Å². The zero-order chi connectivity index (χ0) is 19.2. The van der Waals surface area contributed by atoms with Gasteiger partial charge in [0.05, 0.1) is 16.4 Å². The van der Waals surface area contributed by atoms with Crippen molar-refractivity contribution in [2.45, 2.75) is 10.2 Å². The molecule has 1 aromatic heterocycles. The van der Waals surface area contributed by atoms with Gasteiger partial charge >= 0.3 is 3.93 Å². The Morgan fingerprint density at radius 2 is 1.85 bits per heavy atom. The van der Waals surface area contributed by atoms with Crippen LogP contribution in [0, 0.1) is 0 Å². The molecule has 2 aliphatic rings. The molecular formula is C17H16BrClF2IN5. The van der Waals surface area contributed by atoms with Crippen LogP contribution in [0.2, 0.25) is 5.02 Å². The molecule has 2 N–H and O–H groups in total. The van der Waals surface area contributed by atoms with Crippen LogP contribution in [0.5, 0.6) is 0 Å². The van der Waals surface area contributed by atoms with Crippen molar-refractivity contribution in [2.24, 2.45) is 0 Å². The number of halogens is 5. The molecule has 10 heteroatoms. The first-order valence-electron chi connectivity index (χ1n) is 8.36. The van der Waals surface area contributed by atoms with Crippen LogP contribution < -0.4 is 15.5 Å². The van der Waals surface area contributed by atoms with Crippen molar-refractivity contribution in [1.29, 1.82) is 0 Å². The highest BCUT2D eigenvalue weighted by molar-refractivity contribution is 14.1. The second kappa shape index (κ2) is 7.49. The third-order valence-corrected chi connectivity index (χ3v) is 6.25. The van der Waals surface area contributed by atoms with Crippen molar-refractivity contribution >= 4 is 67.3 Å². The molecule has 0 amide bonds. The first-order chi connectivity index (χ1) is 12.8. The van der Waals surface area contributed by atoms with Crippen molar-refractivity contribution < 1.29 is 8.78 Å². The summed E-state index contributed by atoms with van der Waals surface area (Å²) in [6.45, 7) is 3.16. The second-order valence-corrected chi connectivity index (χ2v) is 9.01. The Labute approximate surface area is 182 Å². The molecule has 1 fully saturated rings. The number of alkyl halides is 3. The van der Waals surface area contributed by atoms with Crippen LogP contribution in [0.4, 0.5) is 26.0 Å². The topological polar surface area (TPSA) is 43.4 Å². The van der Waals surface area contributed by atoms with Gasteiger partial charge in [-0.2, -0.15) is 8.78 Å². The van der Waals surface area contributed by atoms with E-state index in [2.05, 4.69) is 41.3 Å². The minimum Gasteiger partial charge on any atom is -0.353 e. The maximum atomic E-state index is 13.7. The van der Waals surface area contributed by atoms with Gasteiger partial charge in [0, 0.05) is 65.0 Å². The summed E-state index contributed by atoms with van der Waals surface area (Å²) < 4.78 is 25.0. The average molecular weight is 571 g/mol. The van der Waals surface area contributed by atoms with E-state index >= 15 is 0 Å². The minimum absolute atomic E-state index is 0.0357. The molecule has 0 saturated carbocycles. The van der Waals surface area contributed by atoms with Crippen molar-refractivity contribution in [3.8, 4) is 0 Å². The lowest BCUT2D eigenvalue weighted by Crippen LogP contribution is -2.54. The van der Waals surface area contributed by atoms with Gasteiger partial charge in [-0.25, -0.2) is 4.98 Å².